The molecule has 1 saturated heterocycles. The molecule has 1 aliphatic rings. The summed E-state index contributed by atoms with van der Waals surface area (Å²) < 4.78 is 59.0. The summed E-state index contributed by atoms with van der Waals surface area (Å²) in [5.74, 6) is -1.09. The number of hydrogen-bond donors (Lipinski definition) is 0. The summed E-state index contributed by atoms with van der Waals surface area (Å²) in [4.78, 5) is 5.84. The van der Waals surface area contributed by atoms with Gasteiger partial charge in [-0.2, -0.15) is 0 Å². The summed E-state index contributed by atoms with van der Waals surface area (Å²) >= 11 is 0. The Morgan fingerprint density at radius 2 is 1.74 bits per heavy atom. The summed E-state index contributed by atoms with van der Waals surface area (Å²) in [7, 11) is -4.02. The molecule has 0 radical (unpaired) electrons. The Morgan fingerprint density at radius 1 is 1.00 bits per heavy atom. The molecule has 5 nitrogen and oxygen atoms in total. The van der Waals surface area contributed by atoms with Gasteiger partial charge in [-0.3, -0.25) is 4.98 Å². The zero-order valence-corrected chi connectivity index (χ0v) is 15.0. The van der Waals surface area contributed by atoms with Crippen molar-refractivity contribution in [2.45, 2.75) is 9.79 Å². The Morgan fingerprint density at radius 3 is 2.48 bits per heavy atom. The third kappa shape index (κ3) is 3.26. The molecule has 3 aromatic rings. The number of rotatable bonds is 3. The van der Waals surface area contributed by atoms with Crippen molar-refractivity contribution in [1.29, 1.82) is 0 Å². The average molecular weight is 390 g/mol. The molecule has 0 saturated carbocycles. The Balaban J connectivity index is 1.98. The number of pyridine rings is 1. The van der Waals surface area contributed by atoms with Crippen LogP contribution in [0.2, 0.25) is 0 Å². The second-order valence-corrected chi connectivity index (χ2v) is 8.11. The van der Waals surface area contributed by atoms with Gasteiger partial charge in [-0.05, 0) is 30.3 Å². The van der Waals surface area contributed by atoms with Crippen LogP contribution in [0.15, 0.2) is 58.5 Å². The van der Waals surface area contributed by atoms with Crippen molar-refractivity contribution in [3.63, 3.8) is 0 Å². The third-order valence-electron chi connectivity index (χ3n) is 4.49. The lowest BCUT2D eigenvalue weighted by molar-refractivity contribution is 0.122. The van der Waals surface area contributed by atoms with Crippen molar-refractivity contribution in [3.05, 3.63) is 60.3 Å². The smallest absolute Gasteiger partial charge is 0.210 e. The van der Waals surface area contributed by atoms with Gasteiger partial charge in [0.15, 0.2) is 0 Å². The number of fused-ring (bicyclic) bond motifs is 1. The lowest BCUT2D eigenvalue weighted by Crippen LogP contribution is -2.37. The van der Waals surface area contributed by atoms with E-state index in [4.69, 9.17) is 4.74 Å². The number of aromatic nitrogens is 1. The second-order valence-electron chi connectivity index (χ2n) is 6.19. The number of sulfone groups is 1. The van der Waals surface area contributed by atoms with Crippen molar-refractivity contribution in [3.8, 4) is 0 Å². The largest absolute Gasteiger partial charge is 0.378 e. The number of benzene rings is 2. The van der Waals surface area contributed by atoms with E-state index in [1.165, 1.54) is 42.6 Å². The van der Waals surface area contributed by atoms with Gasteiger partial charge in [-0.1, -0.05) is 6.07 Å². The van der Waals surface area contributed by atoms with Crippen molar-refractivity contribution >= 4 is 26.4 Å². The Bertz CT molecular complexity index is 1110. The van der Waals surface area contributed by atoms with E-state index in [-0.39, 0.29) is 9.79 Å². The molecule has 0 amide bonds. The summed E-state index contributed by atoms with van der Waals surface area (Å²) in [6.45, 7) is 1.87. The molecule has 1 aliphatic heterocycles. The summed E-state index contributed by atoms with van der Waals surface area (Å²) in [6, 6.07) is 8.91. The fourth-order valence-corrected chi connectivity index (χ4v) is 4.67. The Labute approximate surface area is 155 Å². The minimum Gasteiger partial charge on any atom is -0.378 e. The predicted octanol–water partition coefficient (Wildman–Crippen LogP) is 3.18. The quantitative estimate of drug-likeness (QED) is 0.688. The SMILES string of the molecule is O=S(=O)(c1cccc(F)c1)c1cnc2cc(F)ccc2c1N1CCOCC1. The lowest BCUT2D eigenvalue weighted by Gasteiger charge is -2.31. The molecule has 0 N–H and O–H groups in total. The van der Waals surface area contributed by atoms with E-state index >= 15 is 0 Å². The number of halogens is 2. The first kappa shape index (κ1) is 17.8. The number of anilines is 1. The number of morpholine rings is 1. The highest BCUT2D eigenvalue weighted by molar-refractivity contribution is 7.91. The van der Waals surface area contributed by atoms with Crippen LogP contribution in [0.3, 0.4) is 0 Å². The first-order valence-electron chi connectivity index (χ1n) is 8.38. The molecule has 0 unspecified atom stereocenters. The van der Waals surface area contributed by atoms with Crippen LogP contribution in [0.1, 0.15) is 0 Å². The van der Waals surface area contributed by atoms with Gasteiger partial charge in [0.2, 0.25) is 9.84 Å². The van der Waals surface area contributed by atoms with Gasteiger partial charge >= 0.3 is 0 Å². The molecule has 0 aliphatic carbocycles. The van der Waals surface area contributed by atoms with E-state index in [2.05, 4.69) is 4.98 Å². The lowest BCUT2D eigenvalue weighted by atomic mass is 10.1. The van der Waals surface area contributed by atoms with Gasteiger partial charge in [-0.15, -0.1) is 0 Å². The fourth-order valence-electron chi connectivity index (χ4n) is 3.20. The zero-order valence-electron chi connectivity index (χ0n) is 14.2. The van der Waals surface area contributed by atoms with Crippen molar-refractivity contribution in [2.75, 3.05) is 31.2 Å². The number of nitrogens with zero attached hydrogens (tertiary/aromatic N) is 2. The zero-order chi connectivity index (χ0) is 19.0. The van der Waals surface area contributed by atoms with E-state index in [0.29, 0.717) is 42.9 Å². The molecule has 0 atom stereocenters. The maximum atomic E-state index is 13.6. The Hall–Kier alpha value is -2.58. The molecular formula is C19H16F2N2O3S. The van der Waals surface area contributed by atoms with E-state index in [0.717, 1.165) is 6.07 Å². The predicted molar refractivity (Wildman–Crippen MR) is 96.6 cm³/mol. The summed E-state index contributed by atoms with van der Waals surface area (Å²) in [6.07, 6.45) is 1.22. The Kier molecular flexibility index (Phi) is 4.53. The van der Waals surface area contributed by atoms with Crippen LogP contribution in [-0.4, -0.2) is 39.7 Å². The molecule has 140 valence electrons. The maximum Gasteiger partial charge on any atom is 0.210 e. The minimum atomic E-state index is -4.02. The molecule has 4 rings (SSSR count). The monoisotopic (exact) mass is 390 g/mol. The van der Waals surface area contributed by atoms with Gasteiger partial charge in [0.25, 0.3) is 0 Å². The normalized spacial score (nSPS) is 15.3. The molecule has 0 bridgehead atoms. The highest BCUT2D eigenvalue weighted by Gasteiger charge is 2.28. The van der Waals surface area contributed by atoms with Gasteiger partial charge in [0, 0.05) is 30.7 Å². The van der Waals surface area contributed by atoms with Gasteiger partial charge in [-0.25, -0.2) is 17.2 Å². The van der Waals surface area contributed by atoms with Crippen molar-refractivity contribution in [1.82, 2.24) is 4.98 Å². The number of hydrogen-bond acceptors (Lipinski definition) is 5. The van der Waals surface area contributed by atoms with Crippen molar-refractivity contribution in [2.24, 2.45) is 0 Å². The van der Waals surface area contributed by atoms with Crippen LogP contribution >= 0.6 is 0 Å². The molecule has 0 spiro atoms. The van der Waals surface area contributed by atoms with Crippen LogP contribution in [-0.2, 0) is 14.6 Å². The van der Waals surface area contributed by atoms with Crippen LogP contribution < -0.4 is 4.90 Å². The van der Waals surface area contributed by atoms with Crippen LogP contribution in [0.4, 0.5) is 14.5 Å². The molecule has 27 heavy (non-hydrogen) atoms. The van der Waals surface area contributed by atoms with Crippen molar-refractivity contribution < 1.29 is 21.9 Å². The van der Waals surface area contributed by atoms with E-state index in [9.17, 15) is 17.2 Å². The number of ether oxygens (including phenoxy) is 1. The van der Waals surface area contributed by atoms with E-state index in [1.54, 1.807) is 0 Å². The van der Waals surface area contributed by atoms with Crippen LogP contribution in [0, 0.1) is 11.6 Å². The van der Waals surface area contributed by atoms with Gasteiger partial charge in [0.05, 0.1) is 29.3 Å². The first-order valence-corrected chi connectivity index (χ1v) is 9.87. The summed E-state index contributed by atoms with van der Waals surface area (Å²) in [5.41, 5.74) is 0.794. The standard InChI is InChI=1S/C19H16F2N2O3S/c20-13-2-1-3-15(10-13)27(24,25)18-12-22-17-11-14(21)4-5-16(17)19(18)23-6-8-26-9-7-23/h1-5,10-12H,6-9H2. The minimum absolute atomic E-state index is 0.0332. The first-order chi connectivity index (χ1) is 13.0. The maximum absolute atomic E-state index is 13.6. The molecule has 2 heterocycles. The molecule has 2 aromatic carbocycles. The molecule has 1 aromatic heterocycles. The highest BCUT2D eigenvalue weighted by atomic mass is 32.2. The average Bonchev–Trinajstić information content (AvgIpc) is 2.67. The summed E-state index contributed by atoms with van der Waals surface area (Å²) in [5, 5.41) is 0.524. The fraction of sp³-hybridized carbons (Fsp3) is 0.211. The van der Waals surface area contributed by atoms with E-state index in [1.807, 2.05) is 4.90 Å². The van der Waals surface area contributed by atoms with Gasteiger partial charge < -0.3 is 9.64 Å². The van der Waals surface area contributed by atoms with E-state index < -0.39 is 21.5 Å². The molecule has 1 fully saturated rings. The van der Waals surface area contributed by atoms with Crippen LogP contribution in [0.25, 0.3) is 10.9 Å². The molecular weight excluding hydrogens is 374 g/mol. The van der Waals surface area contributed by atoms with Crippen LogP contribution in [0.5, 0.6) is 0 Å². The van der Waals surface area contributed by atoms with Gasteiger partial charge in [0.1, 0.15) is 16.5 Å². The second kappa shape index (κ2) is 6.86. The third-order valence-corrected chi connectivity index (χ3v) is 6.24. The topological polar surface area (TPSA) is 59.5 Å². The highest BCUT2D eigenvalue weighted by Crippen LogP contribution is 2.36. The molecule has 8 heteroatoms.